The van der Waals surface area contributed by atoms with Crippen molar-refractivity contribution in [3.63, 3.8) is 0 Å². The molecule has 0 unspecified atom stereocenters. The summed E-state index contributed by atoms with van der Waals surface area (Å²) in [6.45, 7) is 2.42. The minimum Gasteiger partial charge on any atom is -0.339 e. The van der Waals surface area contributed by atoms with E-state index in [1.165, 1.54) is 5.56 Å². The molecule has 1 N–H and O–H groups in total. The largest absolute Gasteiger partial charge is 0.339 e. The van der Waals surface area contributed by atoms with Gasteiger partial charge in [0.25, 0.3) is 0 Å². The van der Waals surface area contributed by atoms with Crippen LogP contribution in [-0.4, -0.2) is 25.8 Å². The fourth-order valence-corrected chi connectivity index (χ4v) is 2.83. The maximum atomic E-state index is 12.0. The van der Waals surface area contributed by atoms with Crippen LogP contribution in [0.15, 0.2) is 33.6 Å². The third-order valence-electron chi connectivity index (χ3n) is 3.26. The Morgan fingerprint density at radius 2 is 2.35 bits per heavy atom. The summed E-state index contributed by atoms with van der Waals surface area (Å²) in [6, 6.07) is 3.84. The molecular weight excluding hydrogens is 314 g/mol. The Morgan fingerprint density at radius 1 is 1.43 bits per heavy atom. The molecule has 8 heteroatoms. The summed E-state index contributed by atoms with van der Waals surface area (Å²) >= 11 is 1.64. The number of nitrogens with one attached hydrogen (secondary N) is 1. The predicted octanol–water partition coefficient (Wildman–Crippen LogP) is 2.65. The van der Waals surface area contributed by atoms with Gasteiger partial charge in [-0.3, -0.25) is 4.79 Å². The standard InChI is InChI=1S/C15H17N5O2S/c1-11-17-15(22-19-11)4-2-3-14(21)18-13-5-7-16-20(13)9-12-6-8-23-10-12/h5-8,10H,2-4,9H2,1H3,(H,18,21). The molecule has 0 saturated carbocycles. The molecule has 7 nitrogen and oxygen atoms in total. The Labute approximate surface area is 137 Å². The SMILES string of the molecule is Cc1noc(CCCC(=O)Nc2ccnn2Cc2ccsc2)n1. The van der Waals surface area contributed by atoms with Crippen LogP contribution >= 0.6 is 11.3 Å². The van der Waals surface area contributed by atoms with E-state index in [-0.39, 0.29) is 5.91 Å². The first-order valence-electron chi connectivity index (χ1n) is 7.32. The lowest BCUT2D eigenvalue weighted by Crippen LogP contribution is -2.15. The molecule has 0 fully saturated rings. The van der Waals surface area contributed by atoms with E-state index >= 15 is 0 Å². The van der Waals surface area contributed by atoms with Gasteiger partial charge >= 0.3 is 0 Å². The summed E-state index contributed by atoms with van der Waals surface area (Å²) in [4.78, 5) is 16.2. The number of anilines is 1. The number of amides is 1. The highest BCUT2D eigenvalue weighted by Gasteiger charge is 2.09. The molecule has 3 aromatic rings. The van der Waals surface area contributed by atoms with Gasteiger partial charge in [-0.05, 0) is 35.7 Å². The molecular formula is C15H17N5O2S. The van der Waals surface area contributed by atoms with Crippen molar-refractivity contribution in [1.82, 2.24) is 19.9 Å². The minimum absolute atomic E-state index is 0.0479. The van der Waals surface area contributed by atoms with E-state index in [2.05, 4.69) is 25.9 Å². The normalized spacial score (nSPS) is 10.8. The molecule has 0 aliphatic rings. The van der Waals surface area contributed by atoms with Crippen LogP contribution in [0.1, 0.15) is 30.1 Å². The van der Waals surface area contributed by atoms with Crippen LogP contribution in [0.2, 0.25) is 0 Å². The summed E-state index contributed by atoms with van der Waals surface area (Å²) < 4.78 is 6.80. The Balaban J connectivity index is 1.49. The number of aryl methyl sites for hydroxylation is 2. The van der Waals surface area contributed by atoms with Gasteiger partial charge in [-0.2, -0.15) is 21.4 Å². The van der Waals surface area contributed by atoms with Crippen LogP contribution in [0, 0.1) is 6.92 Å². The fourth-order valence-electron chi connectivity index (χ4n) is 2.17. The lowest BCUT2D eigenvalue weighted by Gasteiger charge is -2.08. The van der Waals surface area contributed by atoms with Crippen LogP contribution in [0.4, 0.5) is 5.82 Å². The Morgan fingerprint density at radius 3 is 3.09 bits per heavy atom. The quantitative estimate of drug-likeness (QED) is 0.719. The fraction of sp³-hybridized carbons (Fsp3) is 0.333. The molecule has 3 heterocycles. The molecule has 0 aromatic carbocycles. The van der Waals surface area contributed by atoms with E-state index in [9.17, 15) is 4.79 Å². The first-order valence-corrected chi connectivity index (χ1v) is 8.27. The van der Waals surface area contributed by atoms with Gasteiger partial charge in [-0.1, -0.05) is 5.16 Å². The molecule has 0 aliphatic heterocycles. The van der Waals surface area contributed by atoms with E-state index in [1.54, 1.807) is 35.2 Å². The van der Waals surface area contributed by atoms with Crippen molar-refractivity contribution >= 4 is 23.1 Å². The summed E-state index contributed by atoms with van der Waals surface area (Å²) in [5.74, 6) is 1.84. The Hall–Kier alpha value is -2.48. The Kier molecular flexibility index (Phi) is 4.82. The van der Waals surface area contributed by atoms with E-state index in [0.29, 0.717) is 43.3 Å². The molecule has 0 aliphatic carbocycles. The molecule has 0 radical (unpaired) electrons. The molecule has 120 valence electrons. The maximum Gasteiger partial charge on any atom is 0.226 e. The van der Waals surface area contributed by atoms with Crippen molar-refractivity contribution in [2.45, 2.75) is 32.7 Å². The van der Waals surface area contributed by atoms with Gasteiger partial charge in [-0.25, -0.2) is 4.68 Å². The summed E-state index contributed by atoms with van der Waals surface area (Å²) in [6.07, 6.45) is 3.34. The lowest BCUT2D eigenvalue weighted by molar-refractivity contribution is -0.116. The van der Waals surface area contributed by atoms with Crippen LogP contribution < -0.4 is 5.32 Å². The van der Waals surface area contributed by atoms with Gasteiger partial charge < -0.3 is 9.84 Å². The van der Waals surface area contributed by atoms with Crippen molar-refractivity contribution in [3.05, 3.63) is 46.4 Å². The number of hydrogen-bond acceptors (Lipinski definition) is 6. The zero-order chi connectivity index (χ0) is 16.1. The maximum absolute atomic E-state index is 12.0. The van der Waals surface area contributed by atoms with E-state index < -0.39 is 0 Å². The third kappa shape index (κ3) is 4.26. The molecule has 0 spiro atoms. The number of carbonyl (C=O) groups is 1. The minimum atomic E-state index is -0.0479. The van der Waals surface area contributed by atoms with E-state index in [1.807, 2.05) is 11.4 Å². The molecule has 0 atom stereocenters. The highest BCUT2D eigenvalue weighted by atomic mass is 32.1. The molecule has 0 bridgehead atoms. The molecule has 3 rings (SSSR count). The number of carbonyl (C=O) groups excluding carboxylic acids is 1. The topological polar surface area (TPSA) is 85.8 Å². The van der Waals surface area contributed by atoms with Gasteiger partial charge in [-0.15, -0.1) is 0 Å². The van der Waals surface area contributed by atoms with Crippen molar-refractivity contribution in [1.29, 1.82) is 0 Å². The predicted molar refractivity (Wildman–Crippen MR) is 86.3 cm³/mol. The van der Waals surface area contributed by atoms with Gasteiger partial charge in [0.15, 0.2) is 5.82 Å². The van der Waals surface area contributed by atoms with E-state index in [0.717, 1.165) is 0 Å². The number of hydrogen-bond donors (Lipinski definition) is 1. The second kappa shape index (κ2) is 7.19. The molecule has 3 aromatic heterocycles. The van der Waals surface area contributed by atoms with Crippen LogP contribution in [0.25, 0.3) is 0 Å². The highest BCUT2D eigenvalue weighted by Crippen LogP contribution is 2.13. The van der Waals surface area contributed by atoms with Crippen molar-refractivity contribution < 1.29 is 9.32 Å². The van der Waals surface area contributed by atoms with Gasteiger partial charge in [0.1, 0.15) is 5.82 Å². The van der Waals surface area contributed by atoms with Crippen molar-refractivity contribution in [2.75, 3.05) is 5.32 Å². The second-order valence-electron chi connectivity index (χ2n) is 5.14. The van der Waals surface area contributed by atoms with Crippen molar-refractivity contribution in [2.24, 2.45) is 0 Å². The first-order chi connectivity index (χ1) is 11.2. The second-order valence-corrected chi connectivity index (χ2v) is 5.92. The summed E-state index contributed by atoms with van der Waals surface area (Å²) in [7, 11) is 0. The van der Waals surface area contributed by atoms with Crippen molar-refractivity contribution in [3.8, 4) is 0 Å². The lowest BCUT2D eigenvalue weighted by atomic mass is 10.2. The average molecular weight is 331 g/mol. The highest BCUT2D eigenvalue weighted by molar-refractivity contribution is 7.07. The van der Waals surface area contributed by atoms with Gasteiger partial charge in [0.2, 0.25) is 11.8 Å². The monoisotopic (exact) mass is 331 g/mol. The number of aromatic nitrogens is 4. The average Bonchev–Trinajstić information content (AvgIpc) is 3.24. The summed E-state index contributed by atoms with van der Waals surface area (Å²) in [5, 5.41) is 15.0. The molecule has 23 heavy (non-hydrogen) atoms. The zero-order valence-corrected chi connectivity index (χ0v) is 13.5. The Bertz CT molecular complexity index is 763. The zero-order valence-electron chi connectivity index (χ0n) is 12.7. The number of rotatable bonds is 7. The van der Waals surface area contributed by atoms with E-state index in [4.69, 9.17) is 4.52 Å². The van der Waals surface area contributed by atoms with Gasteiger partial charge in [0, 0.05) is 18.9 Å². The van der Waals surface area contributed by atoms with Crippen LogP contribution in [0.3, 0.4) is 0 Å². The third-order valence-corrected chi connectivity index (χ3v) is 3.99. The number of nitrogens with zero attached hydrogens (tertiary/aromatic N) is 4. The summed E-state index contributed by atoms with van der Waals surface area (Å²) in [5.41, 5.74) is 1.17. The first kappa shape index (κ1) is 15.4. The van der Waals surface area contributed by atoms with Crippen LogP contribution in [0.5, 0.6) is 0 Å². The van der Waals surface area contributed by atoms with Gasteiger partial charge in [0.05, 0.1) is 12.7 Å². The molecule has 1 amide bonds. The smallest absolute Gasteiger partial charge is 0.226 e. The molecule has 0 saturated heterocycles. The van der Waals surface area contributed by atoms with Crippen LogP contribution in [-0.2, 0) is 17.8 Å². The number of thiophene rings is 1.